The largest absolute Gasteiger partial charge is 0.0776 e. The number of rotatable bonds is 0. The zero-order valence-electron chi connectivity index (χ0n) is 1.16. The molecule has 0 fully saturated rings. The summed E-state index contributed by atoms with van der Waals surface area (Å²) in [5.74, 6) is 0. The molecule has 0 saturated heterocycles. The van der Waals surface area contributed by atoms with Gasteiger partial charge in [-0.1, -0.05) is 74.3 Å². The fourth-order valence-electron chi connectivity index (χ4n) is 0. The van der Waals surface area contributed by atoms with E-state index in [9.17, 15) is 0 Å². The first-order valence-electron chi connectivity index (χ1n) is 0.200. The molecule has 0 spiro atoms. The zero-order valence-corrected chi connectivity index (χ0v) is 3.39. The van der Waals surface area contributed by atoms with Crippen LogP contribution in [0, 0.1) is 10.8 Å². The van der Waals surface area contributed by atoms with Crippen LogP contribution in [0.3, 0.4) is 0 Å². The van der Waals surface area contributed by atoms with Crippen LogP contribution < -0.4 is 0 Å². The second kappa shape index (κ2) is 370. The molecule has 0 saturated carbocycles. The third-order valence-corrected chi connectivity index (χ3v) is 0. The standard InChI is InChI=1S/10CH4.N2.No/c;;;;;;;;;;1-2;/h10*1H4;;. The van der Waals surface area contributed by atoms with Gasteiger partial charge in [-0.3, -0.25) is 0 Å². The van der Waals surface area contributed by atoms with Crippen LogP contribution in [-0.4, -0.2) is 0 Å². The van der Waals surface area contributed by atoms with Crippen molar-refractivity contribution in [3.8, 4) is 0 Å². The van der Waals surface area contributed by atoms with Gasteiger partial charge in [0.2, 0.25) is 0 Å². The Kier molecular flexibility index (Phi) is 105000. The summed E-state index contributed by atoms with van der Waals surface area (Å²) in [7, 11) is 0. The third kappa shape index (κ3) is 296. The molecule has 0 atom stereocenters. The summed E-state index contributed by atoms with van der Waals surface area (Å²) < 4.78 is 0. The molecular weight excluding hydrogens is 407 g/mol. The number of nitrogens with zero attached hydrogens (tertiary/aromatic N) is 2. The van der Waals surface area contributed by atoms with Crippen molar-refractivity contribution in [1.82, 2.24) is 0 Å². The topological polar surface area (TPSA) is 47.6 Å². The van der Waals surface area contributed by atoms with E-state index in [1.54, 1.807) is 0 Å². The van der Waals surface area contributed by atoms with Crippen LogP contribution in [0.4, 0.5) is 0 Å². The fraction of sp³-hybridized carbons (Fsp3) is 1.00. The molecular formula is C10H40N2No. The van der Waals surface area contributed by atoms with E-state index < -0.39 is 0 Å². The molecule has 0 aliphatic heterocycles. The summed E-state index contributed by atoms with van der Waals surface area (Å²) in [5, 5.41) is 12.0. The van der Waals surface area contributed by atoms with Crippen molar-refractivity contribution in [2.45, 2.75) is 74.3 Å². The van der Waals surface area contributed by atoms with Crippen molar-refractivity contribution in [3.63, 3.8) is 0 Å². The van der Waals surface area contributed by atoms with E-state index >= 15 is 0 Å². The van der Waals surface area contributed by atoms with Crippen molar-refractivity contribution in [2.75, 3.05) is 0 Å². The first kappa shape index (κ1) is 3690. The van der Waals surface area contributed by atoms with Gasteiger partial charge in [-0.2, -0.15) is 0 Å². The third-order valence-electron chi connectivity index (χ3n) is 0. The summed E-state index contributed by atoms with van der Waals surface area (Å²) in [6, 6.07) is 0. The number of hydrogen-bond donors (Lipinski definition) is 0. The molecule has 104 valence electrons. The van der Waals surface area contributed by atoms with Crippen molar-refractivity contribution in [2.24, 2.45) is 0 Å². The minimum Gasteiger partial charge on any atom is -0.0776 e. The fourth-order valence-corrected chi connectivity index (χ4v) is 0. The van der Waals surface area contributed by atoms with Crippen LogP contribution in [0.25, 0.3) is 0 Å². The van der Waals surface area contributed by atoms with Crippen LogP contribution in [0.5, 0.6) is 0 Å². The van der Waals surface area contributed by atoms with Gasteiger partial charge < -0.3 is 0 Å². The van der Waals surface area contributed by atoms with E-state index in [-0.39, 0.29) is 74.3 Å². The van der Waals surface area contributed by atoms with Crippen LogP contribution in [0.15, 0.2) is 0 Å². The summed E-state index contributed by atoms with van der Waals surface area (Å²) in [6.07, 6.45) is 0. The van der Waals surface area contributed by atoms with Gasteiger partial charge in [0.05, 0.1) is 0 Å². The minimum absolute atomic E-state index is 0. The monoisotopic (exact) mass is 447 g/mol. The zero-order chi connectivity index (χ0) is 2.00. The van der Waals surface area contributed by atoms with Gasteiger partial charge in [0.1, 0.15) is 0 Å². The first-order chi connectivity index (χ1) is 1.00. The average molecular weight is 447 g/mol. The van der Waals surface area contributed by atoms with Gasteiger partial charge in [-0.05, 0) is 0 Å². The molecule has 0 rings (SSSR count). The maximum Gasteiger partial charge on any atom is 0 e. The minimum atomic E-state index is 0. The van der Waals surface area contributed by atoms with E-state index in [1.807, 2.05) is 0 Å². The van der Waals surface area contributed by atoms with Crippen LogP contribution in [0.1, 0.15) is 74.3 Å². The molecule has 0 N–H and O–H groups in total. The Morgan fingerprint density at radius 2 is 0.308 bits per heavy atom. The van der Waals surface area contributed by atoms with Crippen molar-refractivity contribution < 1.29 is 0 Å². The Hall–Kier alpha value is -1.58. The predicted molar refractivity (Wildman–Crippen MR) is 70.8 cm³/mol. The molecule has 0 aliphatic carbocycles. The van der Waals surface area contributed by atoms with E-state index in [0.717, 1.165) is 0 Å². The maximum atomic E-state index is 6.00. The van der Waals surface area contributed by atoms with E-state index in [4.69, 9.17) is 10.8 Å². The van der Waals surface area contributed by atoms with Crippen LogP contribution in [0.2, 0.25) is 0 Å². The Morgan fingerprint density at radius 3 is 0.308 bits per heavy atom. The molecule has 0 aromatic rings. The van der Waals surface area contributed by atoms with Gasteiger partial charge in [0.25, 0.3) is 0 Å². The first-order valence-corrected chi connectivity index (χ1v) is 0.200. The molecule has 13 heavy (non-hydrogen) atoms. The molecule has 0 heterocycles. The second-order valence-electron chi connectivity index (χ2n) is 0. The molecule has 3 heteroatoms. The molecule has 0 aliphatic rings. The van der Waals surface area contributed by atoms with Gasteiger partial charge in [-0.15, -0.1) is 0 Å². The second-order valence-corrected chi connectivity index (χ2v) is 0. The SMILES string of the molecule is C.C.C.C.C.C.C.C.C.C.N#N.[No]. The summed E-state index contributed by atoms with van der Waals surface area (Å²) in [4.78, 5) is 0. The molecule has 0 bridgehead atoms. The Bertz CT molecular complexity index is 17.6. The Balaban J connectivity index is -0.0000000000909. The molecule has 0 aromatic heterocycles. The summed E-state index contributed by atoms with van der Waals surface area (Å²) in [5.41, 5.74) is 0. The summed E-state index contributed by atoms with van der Waals surface area (Å²) in [6.45, 7) is 0. The van der Waals surface area contributed by atoms with Crippen molar-refractivity contribution in [1.29, 1.82) is 10.8 Å². The normalized spacial score (nSPS) is 0.154. The molecule has 0 unspecified atom stereocenters. The van der Waals surface area contributed by atoms with Crippen LogP contribution >= 0.6 is 0 Å². The quantitative estimate of drug-likeness (QED) is 0.404. The van der Waals surface area contributed by atoms with Crippen molar-refractivity contribution in [3.05, 3.63) is 0 Å². The van der Waals surface area contributed by atoms with E-state index in [2.05, 4.69) is 0 Å². The van der Waals surface area contributed by atoms with Gasteiger partial charge >= 0.3 is 0 Å². The Morgan fingerprint density at radius 1 is 0.308 bits per heavy atom. The smallest absolute Gasteiger partial charge is 0 e. The van der Waals surface area contributed by atoms with E-state index in [1.165, 1.54) is 0 Å². The Labute approximate surface area is 85.8 Å². The van der Waals surface area contributed by atoms with Gasteiger partial charge in [0.15, 0.2) is 0 Å². The molecule has 2 nitrogen and oxygen atoms in total. The van der Waals surface area contributed by atoms with Crippen molar-refractivity contribution >= 4 is 0 Å². The van der Waals surface area contributed by atoms with E-state index in [0.29, 0.717) is 0 Å². The maximum absolute atomic E-state index is 6.00. The number of hydrogen-bond acceptors (Lipinski definition) is 2. The summed E-state index contributed by atoms with van der Waals surface area (Å²) >= 11 is 0. The van der Waals surface area contributed by atoms with Crippen LogP contribution in [-0.2, 0) is 0 Å². The molecule has 0 amide bonds. The predicted octanol–water partition coefficient (Wildman–Crippen LogP) is 6.39. The molecule has 0 aromatic carbocycles. The average Bonchev–Trinajstić information content (AvgIpc) is 1.00. The van der Waals surface area contributed by atoms with Gasteiger partial charge in [0, 0.05) is 10.8 Å². The van der Waals surface area contributed by atoms with Gasteiger partial charge in [-0.25, -0.2) is 0 Å². The molecule has 0 radical (unpaired) electrons.